The predicted octanol–water partition coefficient (Wildman–Crippen LogP) is 1.88. The molecule has 2 aromatic rings. The maximum Gasteiger partial charge on any atom is 0.230 e. The summed E-state index contributed by atoms with van der Waals surface area (Å²) in [6, 6.07) is 5.88. The lowest BCUT2D eigenvalue weighted by Crippen LogP contribution is -2.41. The molecule has 0 unspecified atom stereocenters. The summed E-state index contributed by atoms with van der Waals surface area (Å²) < 4.78 is 0.996. The van der Waals surface area contributed by atoms with Crippen LogP contribution in [-0.4, -0.2) is 16.9 Å². The minimum absolute atomic E-state index is 0.311. The molecule has 1 aromatic carbocycles. The zero-order valence-corrected chi connectivity index (χ0v) is 12.9. The van der Waals surface area contributed by atoms with Crippen LogP contribution in [0.2, 0.25) is 0 Å². The van der Waals surface area contributed by atoms with Gasteiger partial charge >= 0.3 is 0 Å². The Morgan fingerprint density at radius 1 is 1.27 bits per heavy atom. The van der Waals surface area contributed by atoms with Crippen LogP contribution in [0, 0.1) is 18.8 Å². The van der Waals surface area contributed by atoms with Gasteiger partial charge in [0.2, 0.25) is 5.91 Å². The van der Waals surface area contributed by atoms with Gasteiger partial charge in [-0.2, -0.15) is 0 Å². The van der Waals surface area contributed by atoms with Crippen molar-refractivity contribution in [3.8, 4) is 0 Å². The number of aliphatic carboxylic acids is 1. The van der Waals surface area contributed by atoms with Crippen LogP contribution in [0.15, 0.2) is 30.4 Å². The lowest BCUT2D eigenvalue weighted by molar-refractivity contribution is -0.313. The molecule has 2 atom stereocenters. The third kappa shape index (κ3) is 2.87. The maximum atomic E-state index is 12.4. The number of anilines is 1. The molecule has 1 aliphatic rings. The first-order chi connectivity index (χ1) is 10.5. The van der Waals surface area contributed by atoms with E-state index in [4.69, 9.17) is 0 Å². The number of aromatic nitrogens is 1. The van der Waals surface area contributed by atoms with E-state index >= 15 is 0 Å². The Bertz CT molecular complexity index is 766. The largest absolute Gasteiger partial charge is 0.550 e. The Hall–Kier alpha value is -2.21. The molecule has 0 aliphatic heterocycles. The third-order valence-corrected chi connectivity index (χ3v) is 4.78. The zero-order chi connectivity index (χ0) is 15.7. The van der Waals surface area contributed by atoms with Crippen molar-refractivity contribution in [2.75, 3.05) is 5.32 Å². The second kappa shape index (κ2) is 5.88. The molecule has 1 N–H and O–H groups in total. The van der Waals surface area contributed by atoms with E-state index in [0.717, 1.165) is 15.8 Å². The number of hydrogen-bond donors (Lipinski definition) is 1. The predicted molar refractivity (Wildman–Crippen MR) is 83.3 cm³/mol. The van der Waals surface area contributed by atoms with Gasteiger partial charge in [-0.3, -0.25) is 4.79 Å². The minimum atomic E-state index is -1.18. The van der Waals surface area contributed by atoms with Crippen molar-refractivity contribution in [3.63, 3.8) is 0 Å². The van der Waals surface area contributed by atoms with Gasteiger partial charge in [-0.15, -0.1) is 0 Å². The Labute approximate surface area is 131 Å². The van der Waals surface area contributed by atoms with E-state index in [9.17, 15) is 14.7 Å². The number of carbonyl (C=O) groups excluding carboxylic acids is 2. The standard InChI is InChI=1S/C16H16N2O3S/c1-9-6-7-12-13(8-9)22-16(17-12)18-14(19)10-4-2-3-5-11(10)15(20)21/h2-3,6-8,10-11H,4-5H2,1H3,(H,20,21)(H,17,18,19)/p-1/t10-,11+/m1/s1. The maximum absolute atomic E-state index is 12.4. The smallest absolute Gasteiger partial charge is 0.230 e. The SMILES string of the molecule is Cc1ccc2nc(NC(=O)[C@@H]3CC=CC[C@@H]3C(=O)[O-])sc2c1. The summed E-state index contributed by atoms with van der Waals surface area (Å²) in [5, 5.41) is 14.4. The molecule has 6 heteroatoms. The number of allylic oxidation sites excluding steroid dienone is 2. The van der Waals surface area contributed by atoms with Gasteiger partial charge in [0.15, 0.2) is 5.13 Å². The van der Waals surface area contributed by atoms with Crippen molar-refractivity contribution < 1.29 is 14.7 Å². The van der Waals surface area contributed by atoms with Gasteiger partial charge in [-0.25, -0.2) is 4.98 Å². The summed E-state index contributed by atoms with van der Waals surface area (Å²) in [7, 11) is 0. The number of amides is 1. The molecule has 0 fully saturated rings. The van der Waals surface area contributed by atoms with E-state index in [-0.39, 0.29) is 5.91 Å². The lowest BCUT2D eigenvalue weighted by atomic mass is 9.82. The molecule has 0 saturated carbocycles. The number of nitrogens with one attached hydrogen (secondary N) is 1. The number of aryl methyl sites for hydroxylation is 1. The van der Waals surface area contributed by atoms with Gasteiger partial charge in [0.1, 0.15) is 0 Å². The van der Waals surface area contributed by atoms with Crippen molar-refractivity contribution >= 4 is 38.6 Å². The first kappa shape index (κ1) is 14.7. The van der Waals surface area contributed by atoms with E-state index < -0.39 is 17.8 Å². The summed E-state index contributed by atoms with van der Waals surface area (Å²) in [6.07, 6.45) is 4.37. The van der Waals surface area contributed by atoms with Gasteiger partial charge in [0.05, 0.1) is 16.1 Å². The number of thiazole rings is 1. The molecule has 1 aromatic heterocycles. The molecule has 22 heavy (non-hydrogen) atoms. The normalized spacial score (nSPS) is 21.0. The van der Waals surface area contributed by atoms with Crippen LogP contribution in [0.25, 0.3) is 10.2 Å². The number of carboxylic acids is 1. The van der Waals surface area contributed by atoms with E-state index in [1.54, 1.807) is 6.08 Å². The molecule has 114 valence electrons. The summed E-state index contributed by atoms with van der Waals surface area (Å²) in [6.45, 7) is 2.00. The van der Waals surface area contributed by atoms with Gasteiger partial charge in [-0.05, 0) is 37.5 Å². The highest BCUT2D eigenvalue weighted by Crippen LogP contribution is 2.30. The first-order valence-corrected chi connectivity index (χ1v) is 7.90. The van der Waals surface area contributed by atoms with Crippen LogP contribution in [0.3, 0.4) is 0 Å². The molecular weight excluding hydrogens is 300 g/mol. The van der Waals surface area contributed by atoms with Crippen molar-refractivity contribution in [1.82, 2.24) is 4.98 Å². The molecule has 3 rings (SSSR count). The van der Waals surface area contributed by atoms with Crippen LogP contribution in [0.1, 0.15) is 18.4 Å². The van der Waals surface area contributed by atoms with Crippen molar-refractivity contribution in [2.45, 2.75) is 19.8 Å². The van der Waals surface area contributed by atoms with Crippen molar-refractivity contribution in [3.05, 3.63) is 35.9 Å². The topological polar surface area (TPSA) is 82.1 Å². The van der Waals surface area contributed by atoms with Crippen molar-refractivity contribution in [1.29, 1.82) is 0 Å². The summed E-state index contributed by atoms with van der Waals surface area (Å²) in [5.41, 5.74) is 1.95. The van der Waals surface area contributed by atoms with E-state index in [2.05, 4.69) is 10.3 Å². The van der Waals surface area contributed by atoms with Gasteiger partial charge in [0.25, 0.3) is 0 Å². The van der Waals surface area contributed by atoms with Crippen LogP contribution in [0.4, 0.5) is 5.13 Å². The average Bonchev–Trinajstić information content (AvgIpc) is 2.88. The zero-order valence-electron chi connectivity index (χ0n) is 12.0. The Kier molecular flexibility index (Phi) is 3.94. The Morgan fingerprint density at radius 2 is 2.00 bits per heavy atom. The first-order valence-electron chi connectivity index (χ1n) is 7.08. The van der Waals surface area contributed by atoms with Gasteiger partial charge in [0, 0.05) is 11.9 Å². The number of fused-ring (bicyclic) bond motifs is 1. The molecular formula is C16H15N2O3S-. The molecule has 5 nitrogen and oxygen atoms in total. The Morgan fingerprint density at radius 3 is 2.73 bits per heavy atom. The van der Waals surface area contributed by atoms with Crippen LogP contribution >= 0.6 is 11.3 Å². The summed E-state index contributed by atoms with van der Waals surface area (Å²) >= 11 is 1.39. The molecule has 1 amide bonds. The minimum Gasteiger partial charge on any atom is -0.550 e. The van der Waals surface area contributed by atoms with Gasteiger partial charge < -0.3 is 15.2 Å². The van der Waals surface area contributed by atoms with Crippen molar-refractivity contribution in [2.24, 2.45) is 11.8 Å². The summed E-state index contributed by atoms with van der Waals surface area (Å²) in [4.78, 5) is 27.9. The van der Waals surface area contributed by atoms with E-state index in [0.29, 0.717) is 18.0 Å². The van der Waals surface area contributed by atoms with Crippen LogP contribution in [-0.2, 0) is 9.59 Å². The number of nitrogens with zero attached hydrogens (tertiary/aromatic N) is 1. The van der Waals surface area contributed by atoms with Crippen LogP contribution in [0.5, 0.6) is 0 Å². The second-order valence-corrected chi connectivity index (χ2v) is 6.48. The number of hydrogen-bond acceptors (Lipinski definition) is 5. The molecule has 0 spiro atoms. The molecule has 1 aliphatic carbocycles. The Balaban J connectivity index is 1.80. The average molecular weight is 315 g/mol. The molecule has 0 bridgehead atoms. The highest BCUT2D eigenvalue weighted by atomic mass is 32.1. The fraction of sp³-hybridized carbons (Fsp3) is 0.312. The van der Waals surface area contributed by atoms with E-state index in [1.165, 1.54) is 11.3 Å². The number of benzene rings is 1. The molecule has 0 radical (unpaired) electrons. The molecule has 1 heterocycles. The van der Waals surface area contributed by atoms with Gasteiger partial charge in [-0.1, -0.05) is 29.6 Å². The quantitative estimate of drug-likeness (QED) is 0.877. The number of carboxylic acid groups (broad SMARTS) is 1. The number of rotatable bonds is 3. The fourth-order valence-corrected chi connectivity index (χ4v) is 3.61. The van der Waals surface area contributed by atoms with E-state index in [1.807, 2.05) is 31.2 Å². The van der Waals surface area contributed by atoms with Crippen LogP contribution < -0.4 is 10.4 Å². The summed E-state index contributed by atoms with van der Waals surface area (Å²) in [5.74, 6) is -2.87. The third-order valence-electron chi connectivity index (χ3n) is 3.85. The lowest BCUT2D eigenvalue weighted by Gasteiger charge is -2.27. The number of carbonyl (C=O) groups is 2. The molecule has 0 saturated heterocycles. The fourth-order valence-electron chi connectivity index (χ4n) is 2.65. The monoisotopic (exact) mass is 315 g/mol. The highest BCUT2D eigenvalue weighted by Gasteiger charge is 2.30. The highest BCUT2D eigenvalue weighted by molar-refractivity contribution is 7.22. The second-order valence-electron chi connectivity index (χ2n) is 5.45.